The number of aliphatic hydroxyl groups is 1. The quantitative estimate of drug-likeness (QED) is 0.770. The molecule has 24 heavy (non-hydrogen) atoms. The minimum atomic E-state index is -0.288. The van der Waals surface area contributed by atoms with E-state index >= 15 is 0 Å². The zero-order chi connectivity index (χ0) is 17.3. The Kier molecular flexibility index (Phi) is 4.15. The molecule has 0 aliphatic heterocycles. The Labute approximate surface area is 140 Å². The second kappa shape index (κ2) is 6.13. The van der Waals surface area contributed by atoms with Gasteiger partial charge in [-0.15, -0.1) is 15.0 Å². The number of aliphatic hydroxyl groups excluding tert-OH is 1. The van der Waals surface area contributed by atoms with E-state index < -0.39 is 0 Å². The molecule has 126 valence electrons. The predicted molar refractivity (Wildman–Crippen MR) is 91.8 cm³/mol. The lowest BCUT2D eigenvalue weighted by atomic mass is 9.86. The zero-order valence-electron chi connectivity index (χ0n) is 14.0. The van der Waals surface area contributed by atoms with E-state index in [-0.39, 0.29) is 24.4 Å². The van der Waals surface area contributed by atoms with Crippen LogP contribution in [0, 0.1) is 0 Å². The van der Waals surface area contributed by atoms with Crippen molar-refractivity contribution in [3.05, 3.63) is 42.0 Å². The molecule has 3 aromatic rings. The lowest BCUT2D eigenvalue weighted by Crippen LogP contribution is -2.14. The molecular formula is C18H21N3O3. The largest absolute Gasteiger partial charge is 0.505 e. The SMILES string of the molecule is CC(C)(C)c1cc(OCCO)cc(-n2nc3ccccc3n2)c1O. The standard InChI is InChI=1S/C18H21N3O3/c1-18(2,3)13-10-12(24-9-8-22)11-16(17(13)23)21-19-14-6-4-5-7-15(14)20-21/h4-7,10-11,22-23H,8-9H2,1-3H3. The van der Waals surface area contributed by atoms with Crippen molar-refractivity contribution in [3.8, 4) is 17.2 Å². The molecule has 2 N–H and O–H groups in total. The van der Waals surface area contributed by atoms with Crippen LogP contribution in [0.5, 0.6) is 11.5 Å². The normalized spacial score (nSPS) is 11.8. The van der Waals surface area contributed by atoms with Crippen molar-refractivity contribution in [3.63, 3.8) is 0 Å². The van der Waals surface area contributed by atoms with Crippen molar-refractivity contribution in [2.75, 3.05) is 13.2 Å². The summed E-state index contributed by atoms with van der Waals surface area (Å²) in [5.41, 5.74) is 2.39. The number of fused-ring (bicyclic) bond motifs is 1. The molecule has 6 nitrogen and oxygen atoms in total. The van der Waals surface area contributed by atoms with Crippen LogP contribution in [0.25, 0.3) is 16.7 Å². The van der Waals surface area contributed by atoms with Gasteiger partial charge in [0.05, 0.1) is 6.61 Å². The average molecular weight is 327 g/mol. The highest BCUT2D eigenvalue weighted by atomic mass is 16.5. The number of ether oxygens (including phenoxy) is 1. The van der Waals surface area contributed by atoms with Crippen molar-refractivity contribution >= 4 is 11.0 Å². The Morgan fingerprint density at radius 2 is 1.71 bits per heavy atom. The average Bonchev–Trinajstić information content (AvgIpc) is 2.96. The highest BCUT2D eigenvalue weighted by molar-refractivity contribution is 5.74. The van der Waals surface area contributed by atoms with Crippen molar-refractivity contribution in [2.45, 2.75) is 26.2 Å². The lowest BCUT2D eigenvalue weighted by molar-refractivity contribution is 0.201. The number of phenols is 1. The second-order valence-corrected chi connectivity index (χ2v) is 6.64. The van der Waals surface area contributed by atoms with Gasteiger partial charge in [0.2, 0.25) is 0 Å². The first-order valence-electron chi connectivity index (χ1n) is 7.84. The third kappa shape index (κ3) is 3.05. The Bertz CT molecular complexity index is 833. The fourth-order valence-electron chi connectivity index (χ4n) is 2.53. The fourth-order valence-corrected chi connectivity index (χ4v) is 2.53. The monoisotopic (exact) mass is 327 g/mol. The van der Waals surface area contributed by atoms with Crippen LogP contribution in [0.15, 0.2) is 36.4 Å². The maximum absolute atomic E-state index is 10.7. The van der Waals surface area contributed by atoms with Gasteiger partial charge in [-0.05, 0) is 23.6 Å². The van der Waals surface area contributed by atoms with Crippen LogP contribution in [0.1, 0.15) is 26.3 Å². The summed E-state index contributed by atoms with van der Waals surface area (Å²) in [5, 5.41) is 28.6. The summed E-state index contributed by atoms with van der Waals surface area (Å²) < 4.78 is 5.55. The first-order valence-corrected chi connectivity index (χ1v) is 7.84. The first kappa shape index (κ1) is 16.3. The molecule has 0 aliphatic rings. The fraction of sp³-hybridized carbons (Fsp3) is 0.333. The number of hydrogen-bond donors (Lipinski definition) is 2. The molecule has 0 bridgehead atoms. The van der Waals surface area contributed by atoms with Crippen LogP contribution in [0.4, 0.5) is 0 Å². The van der Waals surface area contributed by atoms with E-state index in [1.54, 1.807) is 12.1 Å². The molecule has 0 aliphatic carbocycles. The van der Waals surface area contributed by atoms with Crippen LogP contribution >= 0.6 is 0 Å². The molecule has 3 rings (SSSR count). The summed E-state index contributed by atoms with van der Waals surface area (Å²) in [6, 6.07) is 11.0. The molecular weight excluding hydrogens is 306 g/mol. The molecule has 0 spiro atoms. The number of nitrogens with zero attached hydrogens (tertiary/aromatic N) is 3. The van der Waals surface area contributed by atoms with E-state index in [1.807, 2.05) is 45.0 Å². The molecule has 0 saturated heterocycles. The van der Waals surface area contributed by atoms with Crippen LogP contribution in [-0.4, -0.2) is 38.4 Å². The summed E-state index contributed by atoms with van der Waals surface area (Å²) >= 11 is 0. The molecule has 0 unspecified atom stereocenters. The Morgan fingerprint density at radius 1 is 1.08 bits per heavy atom. The summed E-state index contributed by atoms with van der Waals surface area (Å²) in [7, 11) is 0. The molecule has 1 heterocycles. The van der Waals surface area contributed by atoms with Crippen LogP contribution < -0.4 is 4.74 Å². The van der Waals surface area contributed by atoms with Gasteiger partial charge in [0.25, 0.3) is 0 Å². The van der Waals surface area contributed by atoms with Gasteiger partial charge in [-0.1, -0.05) is 32.9 Å². The molecule has 0 radical (unpaired) electrons. The van der Waals surface area contributed by atoms with Gasteiger partial charge in [0.15, 0.2) is 0 Å². The van der Waals surface area contributed by atoms with Gasteiger partial charge in [0.1, 0.15) is 34.8 Å². The van der Waals surface area contributed by atoms with Gasteiger partial charge in [-0.25, -0.2) is 0 Å². The molecule has 0 amide bonds. The van der Waals surface area contributed by atoms with E-state index in [1.165, 1.54) is 4.80 Å². The summed E-state index contributed by atoms with van der Waals surface area (Å²) in [6.45, 7) is 6.13. The van der Waals surface area contributed by atoms with Crippen LogP contribution in [0.2, 0.25) is 0 Å². The van der Waals surface area contributed by atoms with Crippen molar-refractivity contribution in [1.82, 2.24) is 15.0 Å². The van der Waals surface area contributed by atoms with E-state index in [0.717, 1.165) is 16.6 Å². The topological polar surface area (TPSA) is 80.4 Å². The highest BCUT2D eigenvalue weighted by Crippen LogP contribution is 2.38. The molecule has 0 atom stereocenters. The summed E-state index contributed by atoms with van der Waals surface area (Å²) in [4.78, 5) is 1.42. The number of aromatic hydroxyl groups is 1. The molecule has 0 fully saturated rings. The molecule has 2 aromatic carbocycles. The van der Waals surface area contributed by atoms with E-state index in [9.17, 15) is 5.11 Å². The summed E-state index contributed by atoms with van der Waals surface area (Å²) in [6.07, 6.45) is 0. The van der Waals surface area contributed by atoms with Crippen LogP contribution in [-0.2, 0) is 5.41 Å². The van der Waals surface area contributed by atoms with Crippen molar-refractivity contribution < 1.29 is 14.9 Å². The van der Waals surface area contributed by atoms with Crippen molar-refractivity contribution in [1.29, 1.82) is 0 Å². The van der Waals surface area contributed by atoms with Gasteiger partial charge < -0.3 is 14.9 Å². The lowest BCUT2D eigenvalue weighted by Gasteiger charge is -2.23. The number of hydrogen-bond acceptors (Lipinski definition) is 5. The summed E-state index contributed by atoms with van der Waals surface area (Å²) in [5.74, 6) is 0.683. The zero-order valence-corrected chi connectivity index (χ0v) is 14.0. The number of rotatable bonds is 4. The first-order chi connectivity index (χ1) is 11.4. The molecule has 0 saturated carbocycles. The minimum Gasteiger partial charge on any atom is -0.505 e. The maximum Gasteiger partial charge on any atom is 0.147 e. The molecule has 6 heteroatoms. The Balaban J connectivity index is 2.17. The molecule has 1 aromatic heterocycles. The van der Waals surface area contributed by atoms with Gasteiger partial charge in [-0.3, -0.25) is 0 Å². The third-order valence-corrected chi connectivity index (χ3v) is 3.73. The van der Waals surface area contributed by atoms with Gasteiger partial charge in [0, 0.05) is 11.6 Å². The third-order valence-electron chi connectivity index (χ3n) is 3.73. The van der Waals surface area contributed by atoms with Gasteiger partial charge in [-0.2, -0.15) is 0 Å². The van der Waals surface area contributed by atoms with E-state index in [2.05, 4.69) is 10.2 Å². The number of benzene rings is 2. The highest BCUT2D eigenvalue weighted by Gasteiger charge is 2.23. The maximum atomic E-state index is 10.7. The van der Waals surface area contributed by atoms with Crippen LogP contribution in [0.3, 0.4) is 0 Å². The second-order valence-electron chi connectivity index (χ2n) is 6.64. The smallest absolute Gasteiger partial charge is 0.147 e. The predicted octanol–water partition coefficient (Wildman–Crippen LogP) is 2.79. The van der Waals surface area contributed by atoms with E-state index in [0.29, 0.717) is 11.4 Å². The van der Waals surface area contributed by atoms with Gasteiger partial charge >= 0.3 is 0 Å². The Hall–Kier alpha value is -2.60. The number of aromatic nitrogens is 3. The number of phenolic OH excluding ortho intramolecular Hbond substituents is 1. The Morgan fingerprint density at radius 3 is 2.25 bits per heavy atom. The van der Waals surface area contributed by atoms with Crippen molar-refractivity contribution in [2.24, 2.45) is 0 Å². The minimum absolute atomic E-state index is 0.0784. The van der Waals surface area contributed by atoms with E-state index in [4.69, 9.17) is 9.84 Å².